The molecule has 0 saturated carbocycles. The van der Waals surface area contributed by atoms with Gasteiger partial charge in [0, 0.05) is 11.3 Å². The fourth-order valence-corrected chi connectivity index (χ4v) is 4.17. The Morgan fingerprint density at radius 1 is 0.667 bits per heavy atom. The van der Waals surface area contributed by atoms with Gasteiger partial charge >= 0.3 is 0 Å². The van der Waals surface area contributed by atoms with Crippen molar-refractivity contribution in [2.45, 2.75) is 4.90 Å². The minimum atomic E-state index is -3.22. The molecule has 0 aliphatic heterocycles. The van der Waals surface area contributed by atoms with Crippen LogP contribution in [0, 0.1) is 0 Å². The first-order valence-corrected chi connectivity index (χ1v) is 10.8. The van der Waals surface area contributed by atoms with Crippen molar-refractivity contribution in [3.05, 3.63) is 90.0 Å². The first-order valence-electron chi connectivity index (χ1n) is 8.52. The smallest absolute Gasteiger partial charge is 0.175 e. The Morgan fingerprint density at radius 3 is 2.07 bits per heavy atom. The van der Waals surface area contributed by atoms with Crippen molar-refractivity contribution >= 4 is 21.4 Å². The molecular weight excluding hydrogens is 376 g/mol. The van der Waals surface area contributed by atoms with Crippen LogP contribution < -0.4 is 0 Å². The lowest BCUT2D eigenvalue weighted by atomic mass is 9.96. The molecule has 2 nitrogen and oxygen atoms in total. The van der Waals surface area contributed by atoms with Crippen molar-refractivity contribution in [2.24, 2.45) is 0 Å². The highest BCUT2D eigenvalue weighted by Crippen LogP contribution is 2.44. The van der Waals surface area contributed by atoms with E-state index in [1.165, 1.54) is 6.26 Å². The Morgan fingerprint density at radius 2 is 1.37 bits per heavy atom. The summed E-state index contributed by atoms with van der Waals surface area (Å²) in [5.41, 5.74) is 6.40. The van der Waals surface area contributed by atoms with Crippen LogP contribution in [0.3, 0.4) is 0 Å². The Balaban J connectivity index is 1.98. The molecule has 0 N–H and O–H groups in total. The van der Waals surface area contributed by atoms with Gasteiger partial charge in [0.2, 0.25) is 0 Å². The molecule has 4 rings (SSSR count). The van der Waals surface area contributed by atoms with E-state index in [0.29, 0.717) is 9.92 Å². The summed E-state index contributed by atoms with van der Waals surface area (Å²) in [5, 5.41) is 0.681. The molecule has 2 aliphatic rings. The molecule has 0 spiro atoms. The average Bonchev–Trinajstić information content (AvgIpc) is 2.84. The number of hydrogen-bond donors (Lipinski definition) is 0. The number of fused-ring (bicyclic) bond motifs is 1. The molecule has 0 saturated heterocycles. The van der Waals surface area contributed by atoms with E-state index < -0.39 is 9.84 Å². The van der Waals surface area contributed by atoms with Gasteiger partial charge in [0.05, 0.1) is 4.90 Å². The first kappa shape index (κ1) is 17.8. The van der Waals surface area contributed by atoms with Crippen LogP contribution in [0.15, 0.2) is 89.8 Å². The number of halogens is 1. The lowest BCUT2D eigenvalue weighted by Gasteiger charge is -2.09. The molecule has 4 heteroatoms. The van der Waals surface area contributed by atoms with E-state index in [2.05, 4.69) is 18.2 Å². The van der Waals surface area contributed by atoms with Crippen LogP contribution in [0.4, 0.5) is 0 Å². The van der Waals surface area contributed by atoms with Gasteiger partial charge < -0.3 is 0 Å². The minimum absolute atomic E-state index is 0.318. The quantitative estimate of drug-likeness (QED) is 0.417. The SMILES string of the molecule is CS(=O)(=O)c1ccc(-c2cc3cccccc-3c2-c2cccc(Cl)c2)cc1. The van der Waals surface area contributed by atoms with Crippen LogP contribution >= 0.6 is 11.6 Å². The molecule has 0 heterocycles. The van der Waals surface area contributed by atoms with E-state index in [1.54, 1.807) is 12.1 Å². The van der Waals surface area contributed by atoms with Gasteiger partial charge in [-0.05, 0) is 63.7 Å². The normalized spacial score (nSPS) is 11.6. The average molecular weight is 393 g/mol. The summed E-state index contributed by atoms with van der Waals surface area (Å²) in [7, 11) is -3.22. The van der Waals surface area contributed by atoms with Gasteiger partial charge in [-0.1, -0.05) is 66.2 Å². The van der Waals surface area contributed by atoms with Crippen molar-refractivity contribution in [1.29, 1.82) is 0 Å². The Hall–Kier alpha value is -2.62. The summed E-state index contributed by atoms with van der Waals surface area (Å²) in [6, 6.07) is 27.2. The highest BCUT2D eigenvalue weighted by atomic mass is 35.5. The largest absolute Gasteiger partial charge is 0.224 e. The number of sulfone groups is 1. The molecule has 0 atom stereocenters. The van der Waals surface area contributed by atoms with Gasteiger partial charge in [-0.2, -0.15) is 0 Å². The van der Waals surface area contributed by atoms with E-state index in [-0.39, 0.29) is 0 Å². The van der Waals surface area contributed by atoms with E-state index in [4.69, 9.17) is 11.6 Å². The van der Waals surface area contributed by atoms with Crippen molar-refractivity contribution in [1.82, 2.24) is 0 Å². The van der Waals surface area contributed by atoms with E-state index in [9.17, 15) is 8.42 Å². The minimum Gasteiger partial charge on any atom is -0.224 e. The maximum atomic E-state index is 11.8. The maximum absolute atomic E-state index is 11.8. The standard InChI is InChI=1S/C23H17ClO2S/c1-27(25,26)20-12-10-16(11-13-20)22-15-17-6-3-2-4-9-21(17)23(22)18-7-5-8-19(24)14-18/h2-15H,1H3. The van der Waals surface area contributed by atoms with Crippen LogP contribution in [0.25, 0.3) is 33.4 Å². The van der Waals surface area contributed by atoms with Crippen LogP contribution in [0.5, 0.6) is 0 Å². The molecule has 0 aromatic heterocycles. The van der Waals surface area contributed by atoms with Crippen molar-refractivity contribution in [3.8, 4) is 33.4 Å². The van der Waals surface area contributed by atoms with E-state index in [0.717, 1.165) is 33.4 Å². The van der Waals surface area contributed by atoms with Gasteiger partial charge in [0.15, 0.2) is 9.84 Å². The fraction of sp³-hybridized carbons (Fsp3) is 0.0435. The second-order valence-electron chi connectivity index (χ2n) is 6.52. The van der Waals surface area contributed by atoms with Gasteiger partial charge in [-0.3, -0.25) is 0 Å². The molecule has 0 unspecified atom stereocenters. The van der Waals surface area contributed by atoms with Gasteiger partial charge in [0.1, 0.15) is 0 Å². The second kappa shape index (κ2) is 6.84. The summed E-state index contributed by atoms with van der Waals surface area (Å²) < 4.78 is 23.5. The zero-order valence-electron chi connectivity index (χ0n) is 14.7. The lowest BCUT2D eigenvalue weighted by molar-refractivity contribution is 0.602. The van der Waals surface area contributed by atoms with Crippen molar-refractivity contribution < 1.29 is 8.42 Å². The van der Waals surface area contributed by atoms with Crippen LogP contribution in [0.2, 0.25) is 5.02 Å². The molecule has 134 valence electrons. The van der Waals surface area contributed by atoms with Gasteiger partial charge in [-0.25, -0.2) is 8.42 Å². The number of benzene rings is 2. The predicted octanol–water partition coefficient (Wildman–Crippen LogP) is 6.18. The monoisotopic (exact) mass is 392 g/mol. The molecule has 2 aromatic rings. The summed E-state index contributed by atoms with van der Waals surface area (Å²) >= 11 is 6.24. The zero-order valence-corrected chi connectivity index (χ0v) is 16.3. The first-order chi connectivity index (χ1) is 12.9. The molecule has 0 amide bonds. The molecule has 0 fully saturated rings. The fourth-order valence-electron chi connectivity index (χ4n) is 3.35. The summed E-state index contributed by atoms with van der Waals surface area (Å²) in [6.45, 7) is 0. The van der Waals surface area contributed by atoms with E-state index >= 15 is 0 Å². The van der Waals surface area contributed by atoms with E-state index in [1.807, 2.05) is 54.6 Å². The van der Waals surface area contributed by atoms with Crippen molar-refractivity contribution in [2.75, 3.05) is 6.26 Å². The summed E-state index contributed by atoms with van der Waals surface area (Å²) in [6.07, 6.45) is 1.22. The van der Waals surface area contributed by atoms with Crippen molar-refractivity contribution in [3.63, 3.8) is 0 Å². The Bertz CT molecular complexity index is 1200. The number of rotatable bonds is 3. The summed E-state index contributed by atoms with van der Waals surface area (Å²) in [5.74, 6) is 0. The molecule has 0 radical (unpaired) electrons. The molecule has 2 aromatic carbocycles. The molecule has 27 heavy (non-hydrogen) atoms. The van der Waals surface area contributed by atoms with Gasteiger partial charge in [-0.15, -0.1) is 0 Å². The second-order valence-corrected chi connectivity index (χ2v) is 8.97. The third kappa shape index (κ3) is 3.48. The molecule has 0 bridgehead atoms. The highest BCUT2D eigenvalue weighted by molar-refractivity contribution is 7.90. The maximum Gasteiger partial charge on any atom is 0.175 e. The Kier molecular flexibility index (Phi) is 4.50. The van der Waals surface area contributed by atoms with Crippen LogP contribution in [-0.4, -0.2) is 14.7 Å². The highest BCUT2D eigenvalue weighted by Gasteiger charge is 2.18. The Labute approximate surface area is 164 Å². The lowest BCUT2D eigenvalue weighted by Crippen LogP contribution is -1.96. The predicted molar refractivity (Wildman–Crippen MR) is 112 cm³/mol. The zero-order chi connectivity index (χ0) is 19.0. The third-order valence-electron chi connectivity index (χ3n) is 4.62. The summed E-state index contributed by atoms with van der Waals surface area (Å²) in [4.78, 5) is 0.318. The molecular formula is C23H17ClO2S. The van der Waals surface area contributed by atoms with Gasteiger partial charge in [0.25, 0.3) is 0 Å². The topological polar surface area (TPSA) is 34.1 Å². The van der Waals surface area contributed by atoms with Crippen LogP contribution in [-0.2, 0) is 9.84 Å². The van der Waals surface area contributed by atoms with Crippen LogP contribution in [0.1, 0.15) is 0 Å². The molecule has 2 aliphatic carbocycles. The number of hydrogen-bond acceptors (Lipinski definition) is 2. The third-order valence-corrected chi connectivity index (χ3v) is 5.98.